The standard InChI is InChI=1S/C20H25N3O2/c1-3-23-18(10-11-21-23)19(24)8-6-16-7-9-20(25-2)17(14-16)15-22-12-4-5-13-22/h6-11,14H,3-5,12-13,15H2,1-2H3/b8-6+. The van der Waals surface area contributed by atoms with Crippen LogP contribution in [0.25, 0.3) is 6.08 Å². The van der Waals surface area contributed by atoms with Crippen molar-refractivity contribution < 1.29 is 9.53 Å². The van der Waals surface area contributed by atoms with Gasteiger partial charge in [0.15, 0.2) is 0 Å². The summed E-state index contributed by atoms with van der Waals surface area (Å²) in [7, 11) is 1.70. The van der Waals surface area contributed by atoms with Gasteiger partial charge >= 0.3 is 0 Å². The molecular formula is C20H25N3O2. The lowest BCUT2D eigenvalue weighted by atomic mass is 10.1. The number of methoxy groups -OCH3 is 1. The minimum absolute atomic E-state index is 0.0312. The van der Waals surface area contributed by atoms with E-state index in [4.69, 9.17) is 4.74 Å². The zero-order chi connectivity index (χ0) is 17.6. The maximum atomic E-state index is 12.4. The van der Waals surface area contributed by atoms with E-state index < -0.39 is 0 Å². The van der Waals surface area contributed by atoms with Gasteiger partial charge in [-0.25, -0.2) is 0 Å². The van der Waals surface area contributed by atoms with Gasteiger partial charge in [0.2, 0.25) is 5.78 Å². The summed E-state index contributed by atoms with van der Waals surface area (Å²) in [4.78, 5) is 14.8. The highest BCUT2D eigenvalue weighted by Crippen LogP contribution is 2.24. The van der Waals surface area contributed by atoms with Crippen molar-refractivity contribution in [2.45, 2.75) is 32.9 Å². The number of carbonyl (C=O) groups excluding carboxylic acids is 1. The SMILES string of the molecule is CCn1nccc1C(=O)/C=C/c1ccc(OC)c(CN2CCCC2)c1. The van der Waals surface area contributed by atoms with E-state index in [1.54, 1.807) is 30.1 Å². The lowest BCUT2D eigenvalue weighted by Gasteiger charge is -2.17. The van der Waals surface area contributed by atoms with Crippen molar-refractivity contribution in [3.05, 3.63) is 53.4 Å². The van der Waals surface area contributed by atoms with Gasteiger partial charge in [0.25, 0.3) is 0 Å². The number of hydrogen-bond donors (Lipinski definition) is 0. The molecule has 5 heteroatoms. The van der Waals surface area contributed by atoms with E-state index in [1.165, 1.54) is 12.8 Å². The first-order valence-electron chi connectivity index (χ1n) is 8.84. The van der Waals surface area contributed by atoms with Gasteiger partial charge in [-0.05, 0) is 62.7 Å². The second kappa shape index (κ2) is 8.12. The Kier molecular flexibility index (Phi) is 5.66. The molecule has 25 heavy (non-hydrogen) atoms. The third kappa shape index (κ3) is 4.17. The van der Waals surface area contributed by atoms with Crippen LogP contribution in [0.3, 0.4) is 0 Å². The van der Waals surface area contributed by atoms with Crippen molar-refractivity contribution >= 4 is 11.9 Å². The Morgan fingerprint density at radius 2 is 2.08 bits per heavy atom. The van der Waals surface area contributed by atoms with Crippen molar-refractivity contribution in [1.82, 2.24) is 14.7 Å². The molecule has 0 amide bonds. The van der Waals surface area contributed by atoms with Crippen LogP contribution in [0.15, 0.2) is 36.5 Å². The van der Waals surface area contributed by atoms with E-state index in [-0.39, 0.29) is 5.78 Å². The minimum Gasteiger partial charge on any atom is -0.496 e. The van der Waals surface area contributed by atoms with Crippen molar-refractivity contribution in [1.29, 1.82) is 0 Å². The largest absolute Gasteiger partial charge is 0.496 e. The average Bonchev–Trinajstić information content (AvgIpc) is 3.31. The maximum Gasteiger partial charge on any atom is 0.203 e. The van der Waals surface area contributed by atoms with Gasteiger partial charge in [0.05, 0.1) is 7.11 Å². The Labute approximate surface area is 148 Å². The Balaban J connectivity index is 1.76. The van der Waals surface area contributed by atoms with Crippen LogP contribution in [-0.2, 0) is 13.1 Å². The monoisotopic (exact) mass is 339 g/mol. The number of hydrogen-bond acceptors (Lipinski definition) is 4. The third-order valence-electron chi connectivity index (χ3n) is 4.59. The maximum absolute atomic E-state index is 12.4. The highest BCUT2D eigenvalue weighted by molar-refractivity contribution is 6.05. The number of nitrogens with zero attached hydrogens (tertiary/aromatic N) is 3. The van der Waals surface area contributed by atoms with Gasteiger partial charge < -0.3 is 4.74 Å². The number of ketones is 1. The van der Waals surface area contributed by atoms with E-state index >= 15 is 0 Å². The van der Waals surface area contributed by atoms with E-state index in [0.29, 0.717) is 12.2 Å². The second-order valence-corrected chi connectivity index (χ2v) is 6.28. The molecule has 0 bridgehead atoms. The third-order valence-corrected chi connectivity index (χ3v) is 4.59. The van der Waals surface area contributed by atoms with Crippen LogP contribution in [0, 0.1) is 0 Å². The molecule has 132 valence electrons. The molecule has 0 saturated carbocycles. The highest BCUT2D eigenvalue weighted by atomic mass is 16.5. The van der Waals surface area contributed by atoms with Gasteiger partial charge in [-0.1, -0.05) is 12.1 Å². The van der Waals surface area contributed by atoms with Crippen molar-refractivity contribution in [3.8, 4) is 5.75 Å². The highest BCUT2D eigenvalue weighted by Gasteiger charge is 2.14. The molecule has 5 nitrogen and oxygen atoms in total. The smallest absolute Gasteiger partial charge is 0.203 e. The first-order valence-corrected chi connectivity index (χ1v) is 8.84. The number of aryl methyl sites for hydroxylation is 1. The summed E-state index contributed by atoms with van der Waals surface area (Å²) in [6.45, 7) is 5.83. The first-order chi connectivity index (χ1) is 12.2. The van der Waals surface area contributed by atoms with E-state index in [1.807, 2.05) is 25.1 Å². The zero-order valence-corrected chi connectivity index (χ0v) is 14.9. The minimum atomic E-state index is -0.0312. The number of carbonyl (C=O) groups is 1. The van der Waals surface area contributed by atoms with Crippen LogP contribution < -0.4 is 4.74 Å². The number of benzene rings is 1. The molecule has 3 rings (SSSR count). The summed E-state index contributed by atoms with van der Waals surface area (Å²) in [6, 6.07) is 7.82. The molecule has 1 aromatic carbocycles. The van der Waals surface area contributed by atoms with Gasteiger partial charge in [0.1, 0.15) is 11.4 Å². The molecule has 1 aliphatic heterocycles. The van der Waals surface area contributed by atoms with E-state index in [9.17, 15) is 4.79 Å². The van der Waals surface area contributed by atoms with Crippen LogP contribution >= 0.6 is 0 Å². The van der Waals surface area contributed by atoms with Crippen LogP contribution in [-0.4, -0.2) is 40.7 Å². The fourth-order valence-electron chi connectivity index (χ4n) is 3.26. The Hall–Kier alpha value is -2.40. The molecular weight excluding hydrogens is 314 g/mol. The number of rotatable bonds is 7. The quantitative estimate of drug-likeness (QED) is 0.573. The zero-order valence-electron chi connectivity index (χ0n) is 14.9. The molecule has 1 fully saturated rings. The Bertz CT molecular complexity index is 758. The number of ether oxygens (including phenoxy) is 1. The van der Waals surface area contributed by atoms with Crippen LogP contribution in [0.1, 0.15) is 41.4 Å². The summed E-state index contributed by atoms with van der Waals surface area (Å²) >= 11 is 0. The number of allylic oxidation sites excluding steroid dienone is 1. The average molecular weight is 339 g/mol. The fourth-order valence-corrected chi connectivity index (χ4v) is 3.26. The van der Waals surface area contributed by atoms with Gasteiger partial charge in [-0.3, -0.25) is 14.4 Å². The van der Waals surface area contributed by atoms with Crippen LogP contribution in [0.4, 0.5) is 0 Å². The number of likely N-dealkylation sites (tertiary alicyclic amines) is 1. The summed E-state index contributed by atoms with van der Waals surface area (Å²) in [6.07, 6.45) is 7.67. The molecule has 2 aromatic rings. The predicted octanol–water partition coefficient (Wildman–Crippen LogP) is 3.40. The first kappa shape index (κ1) is 17.4. The van der Waals surface area contributed by atoms with E-state index in [2.05, 4.69) is 16.1 Å². The van der Waals surface area contributed by atoms with Crippen LogP contribution in [0.2, 0.25) is 0 Å². The Morgan fingerprint density at radius 3 is 2.80 bits per heavy atom. The summed E-state index contributed by atoms with van der Waals surface area (Å²) in [5.74, 6) is 0.871. The fraction of sp³-hybridized carbons (Fsp3) is 0.400. The van der Waals surface area contributed by atoms with Gasteiger partial charge in [-0.2, -0.15) is 5.10 Å². The second-order valence-electron chi connectivity index (χ2n) is 6.28. The molecule has 0 atom stereocenters. The summed E-state index contributed by atoms with van der Waals surface area (Å²) in [5.41, 5.74) is 2.79. The lowest BCUT2D eigenvalue weighted by Crippen LogP contribution is -2.18. The molecule has 2 heterocycles. The van der Waals surface area contributed by atoms with Gasteiger partial charge in [0, 0.05) is 24.8 Å². The van der Waals surface area contributed by atoms with Crippen molar-refractivity contribution in [3.63, 3.8) is 0 Å². The lowest BCUT2D eigenvalue weighted by molar-refractivity contribution is 0.103. The summed E-state index contributed by atoms with van der Waals surface area (Å²) in [5, 5.41) is 4.14. The van der Waals surface area contributed by atoms with Crippen LogP contribution in [0.5, 0.6) is 5.75 Å². The molecule has 1 aliphatic rings. The van der Waals surface area contributed by atoms with Crippen molar-refractivity contribution in [2.75, 3.05) is 20.2 Å². The Morgan fingerprint density at radius 1 is 1.28 bits per heavy atom. The molecule has 0 radical (unpaired) electrons. The molecule has 0 aliphatic carbocycles. The van der Waals surface area contributed by atoms with Gasteiger partial charge in [-0.15, -0.1) is 0 Å². The predicted molar refractivity (Wildman–Crippen MR) is 98.8 cm³/mol. The normalized spacial score (nSPS) is 15.1. The van der Waals surface area contributed by atoms with E-state index in [0.717, 1.165) is 36.5 Å². The molecule has 0 N–H and O–H groups in total. The topological polar surface area (TPSA) is 47.4 Å². The molecule has 1 aromatic heterocycles. The molecule has 0 spiro atoms. The number of aromatic nitrogens is 2. The molecule has 0 unspecified atom stereocenters. The van der Waals surface area contributed by atoms with Crippen molar-refractivity contribution in [2.24, 2.45) is 0 Å². The molecule has 1 saturated heterocycles. The summed E-state index contributed by atoms with van der Waals surface area (Å²) < 4.78 is 7.20.